The summed E-state index contributed by atoms with van der Waals surface area (Å²) in [4.78, 5) is 12.5. The van der Waals surface area contributed by atoms with E-state index < -0.39 is 0 Å². The molecule has 2 aromatic rings. The van der Waals surface area contributed by atoms with E-state index in [1.807, 2.05) is 26.0 Å². The number of carbonyl (C=O) groups is 1. The van der Waals surface area contributed by atoms with Gasteiger partial charge in [-0.2, -0.15) is 5.26 Å². The number of nitriles is 1. The number of ketones is 1. The lowest BCUT2D eigenvalue weighted by molar-refractivity contribution is 0.104. The van der Waals surface area contributed by atoms with Crippen molar-refractivity contribution >= 4 is 23.5 Å². The van der Waals surface area contributed by atoms with Crippen molar-refractivity contribution in [2.24, 2.45) is 0 Å². The third kappa shape index (κ3) is 4.62. The molecule has 0 radical (unpaired) electrons. The van der Waals surface area contributed by atoms with Gasteiger partial charge in [-0.3, -0.25) is 4.79 Å². The first kappa shape index (κ1) is 18.6. The SMILES string of the molecule is COc1cc(C=C(C#N)C(=O)c2ccccc2)cc(Cl)c1OC(C)C. The third-order valence-electron chi connectivity index (χ3n) is 3.32. The van der Waals surface area contributed by atoms with Gasteiger partial charge in [0.25, 0.3) is 0 Å². The number of hydrogen-bond acceptors (Lipinski definition) is 4. The maximum Gasteiger partial charge on any atom is 0.203 e. The van der Waals surface area contributed by atoms with Crippen molar-refractivity contribution < 1.29 is 14.3 Å². The molecular formula is C20H18ClNO3. The van der Waals surface area contributed by atoms with Gasteiger partial charge in [0.1, 0.15) is 11.6 Å². The summed E-state index contributed by atoms with van der Waals surface area (Å²) in [7, 11) is 1.51. The first-order valence-corrected chi connectivity index (χ1v) is 8.09. The van der Waals surface area contributed by atoms with Crippen LogP contribution in [0.1, 0.15) is 29.8 Å². The van der Waals surface area contributed by atoms with Gasteiger partial charge in [-0.05, 0) is 37.6 Å². The molecule has 0 aromatic heterocycles. The Hall–Kier alpha value is -2.77. The van der Waals surface area contributed by atoms with Crippen molar-refractivity contribution in [2.75, 3.05) is 7.11 Å². The first-order chi connectivity index (χ1) is 12.0. The van der Waals surface area contributed by atoms with Crippen molar-refractivity contribution in [3.05, 3.63) is 64.2 Å². The number of rotatable bonds is 6. The summed E-state index contributed by atoms with van der Waals surface area (Å²) in [5.41, 5.74) is 1.05. The molecule has 0 atom stereocenters. The highest BCUT2D eigenvalue weighted by molar-refractivity contribution is 6.32. The summed E-state index contributed by atoms with van der Waals surface area (Å²) in [6, 6.07) is 13.9. The van der Waals surface area contributed by atoms with Crippen LogP contribution < -0.4 is 9.47 Å². The second-order valence-electron chi connectivity index (χ2n) is 5.57. The highest BCUT2D eigenvalue weighted by Crippen LogP contribution is 2.37. The molecular weight excluding hydrogens is 338 g/mol. The van der Waals surface area contributed by atoms with Crippen LogP contribution in [0.2, 0.25) is 5.02 Å². The molecule has 0 aliphatic rings. The minimum Gasteiger partial charge on any atom is -0.493 e. The minimum absolute atomic E-state index is 0.0156. The van der Waals surface area contributed by atoms with Gasteiger partial charge in [-0.1, -0.05) is 41.9 Å². The molecule has 0 aliphatic heterocycles. The number of Topliss-reactive ketones (excluding diaryl/α,β-unsaturated/α-hetero) is 1. The van der Waals surface area contributed by atoms with Crippen LogP contribution in [0.3, 0.4) is 0 Å². The molecule has 2 aromatic carbocycles. The molecule has 0 heterocycles. The van der Waals surface area contributed by atoms with Crippen molar-refractivity contribution in [1.29, 1.82) is 5.26 Å². The molecule has 0 unspecified atom stereocenters. The van der Waals surface area contributed by atoms with E-state index in [1.54, 1.807) is 36.4 Å². The second-order valence-corrected chi connectivity index (χ2v) is 5.97. The van der Waals surface area contributed by atoms with Gasteiger partial charge >= 0.3 is 0 Å². The van der Waals surface area contributed by atoms with Crippen LogP contribution in [0, 0.1) is 11.3 Å². The van der Waals surface area contributed by atoms with Crippen molar-refractivity contribution in [2.45, 2.75) is 20.0 Å². The monoisotopic (exact) mass is 355 g/mol. The lowest BCUT2D eigenvalue weighted by Crippen LogP contribution is -2.07. The van der Waals surface area contributed by atoms with Gasteiger partial charge in [0, 0.05) is 5.56 Å². The van der Waals surface area contributed by atoms with Gasteiger partial charge in [-0.15, -0.1) is 0 Å². The number of halogens is 1. The fourth-order valence-corrected chi connectivity index (χ4v) is 2.50. The van der Waals surface area contributed by atoms with E-state index >= 15 is 0 Å². The van der Waals surface area contributed by atoms with Crippen LogP contribution in [-0.2, 0) is 0 Å². The average molecular weight is 356 g/mol. The van der Waals surface area contributed by atoms with Gasteiger partial charge in [0.05, 0.1) is 18.2 Å². The van der Waals surface area contributed by atoms with Crippen LogP contribution in [0.25, 0.3) is 6.08 Å². The predicted octanol–water partition coefficient (Wildman–Crippen LogP) is 4.93. The molecule has 5 heteroatoms. The maximum absolute atomic E-state index is 12.5. The molecule has 0 spiro atoms. The molecule has 0 fully saturated rings. The van der Waals surface area contributed by atoms with Crippen molar-refractivity contribution in [3.63, 3.8) is 0 Å². The molecule has 0 saturated carbocycles. The molecule has 4 nitrogen and oxygen atoms in total. The van der Waals surface area contributed by atoms with Crippen molar-refractivity contribution in [3.8, 4) is 17.6 Å². The van der Waals surface area contributed by atoms with E-state index in [2.05, 4.69) is 0 Å². The second kappa shape index (κ2) is 8.36. The summed E-state index contributed by atoms with van der Waals surface area (Å²) >= 11 is 6.28. The van der Waals surface area contributed by atoms with Crippen LogP contribution in [-0.4, -0.2) is 19.0 Å². The Morgan fingerprint density at radius 1 is 1.24 bits per heavy atom. The summed E-state index contributed by atoms with van der Waals surface area (Å²) in [6.07, 6.45) is 1.42. The van der Waals surface area contributed by atoms with Crippen LogP contribution in [0.5, 0.6) is 11.5 Å². The number of nitrogens with zero attached hydrogens (tertiary/aromatic N) is 1. The van der Waals surface area contributed by atoms with Gasteiger partial charge in [-0.25, -0.2) is 0 Å². The van der Waals surface area contributed by atoms with E-state index in [0.29, 0.717) is 27.6 Å². The number of methoxy groups -OCH3 is 1. The Morgan fingerprint density at radius 2 is 1.92 bits per heavy atom. The largest absolute Gasteiger partial charge is 0.493 e. The standard InChI is InChI=1S/C20H18ClNO3/c1-13(2)25-20-17(21)10-14(11-18(20)24-3)9-16(12-22)19(23)15-7-5-4-6-8-15/h4-11,13H,1-3H3. The Balaban J connectivity index is 2.43. The molecule has 0 amide bonds. The van der Waals surface area contributed by atoms with Gasteiger partial charge < -0.3 is 9.47 Å². The zero-order valence-electron chi connectivity index (χ0n) is 14.2. The Bertz CT molecular complexity index is 836. The normalized spacial score (nSPS) is 11.1. The topological polar surface area (TPSA) is 59.3 Å². The average Bonchev–Trinajstić information content (AvgIpc) is 2.61. The third-order valence-corrected chi connectivity index (χ3v) is 3.60. The van der Waals surface area contributed by atoms with Gasteiger partial charge in [0.15, 0.2) is 11.5 Å². The summed E-state index contributed by atoms with van der Waals surface area (Å²) in [5, 5.41) is 9.71. The number of benzene rings is 2. The quantitative estimate of drug-likeness (QED) is 0.419. The summed E-state index contributed by atoms with van der Waals surface area (Å²) < 4.78 is 11.0. The Morgan fingerprint density at radius 3 is 2.48 bits per heavy atom. The molecule has 0 bridgehead atoms. The number of hydrogen-bond donors (Lipinski definition) is 0. The summed E-state index contributed by atoms with van der Waals surface area (Å²) in [6.45, 7) is 3.77. The fourth-order valence-electron chi connectivity index (χ4n) is 2.23. The lowest BCUT2D eigenvalue weighted by Gasteiger charge is -2.15. The van der Waals surface area contributed by atoms with Crippen LogP contribution >= 0.6 is 11.6 Å². The number of allylic oxidation sites excluding steroid dienone is 1. The number of carbonyl (C=O) groups excluding carboxylic acids is 1. The lowest BCUT2D eigenvalue weighted by atomic mass is 10.0. The molecule has 0 N–H and O–H groups in total. The zero-order chi connectivity index (χ0) is 18.4. The molecule has 2 rings (SSSR count). The molecule has 0 aliphatic carbocycles. The maximum atomic E-state index is 12.5. The predicted molar refractivity (Wildman–Crippen MR) is 98.1 cm³/mol. The Labute approximate surface area is 152 Å². The van der Waals surface area contributed by atoms with E-state index in [4.69, 9.17) is 21.1 Å². The summed E-state index contributed by atoms with van der Waals surface area (Å²) in [5.74, 6) is 0.529. The van der Waals surface area contributed by atoms with E-state index in [0.717, 1.165) is 0 Å². The molecule has 128 valence electrons. The first-order valence-electron chi connectivity index (χ1n) is 7.72. The highest BCUT2D eigenvalue weighted by Gasteiger charge is 2.15. The van der Waals surface area contributed by atoms with E-state index in [9.17, 15) is 10.1 Å². The minimum atomic E-state index is -0.347. The van der Waals surface area contributed by atoms with Crippen LogP contribution in [0.15, 0.2) is 48.0 Å². The van der Waals surface area contributed by atoms with Crippen LogP contribution in [0.4, 0.5) is 0 Å². The molecule has 25 heavy (non-hydrogen) atoms. The Kier molecular flexibility index (Phi) is 6.21. The smallest absolute Gasteiger partial charge is 0.203 e. The zero-order valence-corrected chi connectivity index (χ0v) is 15.0. The van der Waals surface area contributed by atoms with E-state index in [-0.39, 0.29) is 17.5 Å². The fraction of sp³-hybridized carbons (Fsp3) is 0.200. The van der Waals surface area contributed by atoms with Gasteiger partial charge in [0.2, 0.25) is 5.78 Å². The van der Waals surface area contributed by atoms with Crippen molar-refractivity contribution in [1.82, 2.24) is 0 Å². The highest BCUT2D eigenvalue weighted by atomic mass is 35.5. The molecule has 0 saturated heterocycles. The number of ether oxygens (including phenoxy) is 2. The van der Waals surface area contributed by atoms with E-state index in [1.165, 1.54) is 13.2 Å².